The van der Waals surface area contributed by atoms with Gasteiger partial charge in [0, 0.05) is 0 Å². The molecule has 0 bridgehead atoms. The highest BCUT2D eigenvalue weighted by molar-refractivity contribution is 7.16. The lowest BCUT2D eigenvalue weighted by molar-refractivity contribution is 0.0697. The number of nitrogens with zero attached hydrogens (tertiary/aromatic N) is 1. The quantitative estimate of drug-likeness (QED) is 0.721. The lowest BCUT2D eigenvalue weighted by Crippen LogP contribution is -1.96. The van der Waals surface area contributed by atoms with Crippen molar-refractivity contribution in [2.45, 2.75) is 0 Å². The maximum Gasteiger partial charge on any atom is 0.335 e. The van der Waals surface area contributed by atoms with Gasteiger partial charge in [0.25, 0.3) is 0 Å². The third-order valence-corrected chi connectivity index (χ3v) is 2.61. The van der Waals surface area contributed by atoms with Gasteiger partial charge >= 0.3 is 5.97 Å². The number of benzene rings is 1. The van der Waals surface area contributed by atoms with E-state index in [1.807, 2.05) is 0 Å². The average molecular weight is 203 g/mol. The Morgan fingerprint density at radius 3 is 3.00 bits per heavy atom. The highest BCUT2D eigenvalue weighted by Gasteiger charge is 2.09. The molecule has 1 heterocycles. The fraction of sp³-hybridized carbons (Fsp3) is 0. The molecule has 0 aliphatic rings. The Morgan fingerprint density at radius 2 is 2.36 bits per heavy atom. The first-order valence-electron chi connectivity index (χ1n) is 3.79. The number of carboxylic acids is 1. The van der Waals surface area contributed by atoms with E-state index in [4.69, 9.17) is 11.5 Å². The summed E-state index contributed by atoms with van der Waals surface area (Å²) in [4.78, 5) is 14.8. The molecule has 1 N–H and O–H groups in total. The summed E-state index contributed by atoms with van der Waals surface area (Å²) in [5, 5.41) is 8.82. The molecule has 14 heavy (non-hydrogen) atoms. The van der Waals surface area contributed by atoms with Crippen LogP contribution < -0.4 is 0 Å². The predicted octanol–water partition coefficient (Wildman–Crippen LogP) is 1.98. The lowest BCUT2D eigenvalue weighted by Gasteiger charge is -1.97. The summed E-state index contributed by atoms with van der Waals surface area (Å²) < 4.78 is 0.804. The molecule has 0 unspecified atom stereocenters. The number of aromatic carboxylic acids is 1. The zero-order valence-corrected chi connectivity index (χ0v) is 7.84. The van der Waals surface area contributed by atoms with Crippen LogP contribution in [-0.4, -0.2) is 16.1 Å². The molecule has 0 fully saturated rings. The van der Waals surface area contributed by atoms with Crippen molar-refractivity contribution < 1.29 is 9.90 Å². The first-order valence-corrected chi connectivity index (χ1v) is 4.67. The molecule has 0 saturated carbocycles. The molecule has 0 aliphatic carbocycles. The second kappa shape index (κ2) is 3.13. The topological polar surface area (TPSA) is 50.2 Å². The molecule has 4 heteroatoms. The molecule has 0 spiro atoms. The molecule has 2 rings (SSSR count). The van der Waals surface area contributed by atoms with Crippen molar-refractivity contribution in [2.24, 2.45) is 0 Å². The average Bonchev–Trinajstić information content (AvgIpc) is 2.63. The van der Waals surface area contributed by atoms with Gasteiger partial charge in [-0.15, -0.1) is 17.8 Å². The Hall–Kier alpha value is -1.86. The van der Waals surface area contributed by atoms with E-state index < -0.39 is 5.97 Å². The number of aromatic nitrogens is 1. The van der Waals surface area contributed by atoms with Gasteiger partial charge in [-0.25, -0.2) is 9.78 Å². The summed E-state index contributed by atoms with van der Waals surface area (Å²) in [6.45, 7) is 0. The number of carboxylic acid groups (broad SMARTS) is 1. The molecule has 3 nitrogen and oxygen atoms in total. The van der Waals surface area contributed by atoms with Crippen molar-refractivity contribution >= 4 is 27.5 Å². The smallest absolute Gasteiger partial charge is 0.335 e. The van der Waals surface area contributed by atoms with Gasteiger partial charge in [0.1, 0.15) is 0 Å². The molecular formula is C10H5NO2S. The Kier molecular flexibility index (Phi) is 1.95. The molecule has 0 amide bonds. The summed E-state index contributed by atoms with van der Waals surface area (Å²) in [6, 6.07) is 3.04. The van der Waals surface area contributed by atoms with E-state index in [0.717, 1.165) is 4.70 Å². The molecule has 0 aliphatic heterocycles. The molecule has 0 saturated heterocycles. The zero-order valence-electron chi connectivity index (χ0n) is 7.02. The van der Waals surface area contributed by atoms with Crippen LogP contribution in [0.1, 0.15) is 15.9 Å². The van der Waals surface area contributed by atoms with Crippen LogP contribution >= 0.6 is 11.3 Å². The Bertz CT molecular complexity index is 551. The fourth-order valence-corrected chi connectivity index (χ4v) is 1.94. The second-order valence-corrected chi connectivity index (χ2v) is 3.56. The minimum atomic E-state index is -0.975. The number of terminal acetylenes is 1. The first-order chi connectivity index (χ1) is 6.72. The van der Waals surface area contributed by atoms with Crippen LogP contribution in [0.15, 0.2) is 17.6 Å². The maximum absolute atomic E-state index is 10.8. The van der Waals surface area contributed by atoms with Gasteiger partial charge in [0.15, 0.2) is 0 Å². The summed E-state index contributed by atoms with van der Waals surface area (Å²) >= 11 is 1.38. The third kappa shape index (κ3) is 1.24. The number of rotatable bonds is 1. The minimum absolute atomic E-state index is 0.203. The van der Waals surface area contributed by atoms with Gasteiger partial charge in [0.2, 0.25) is 0 Å². The van der Waals surface area contributed by atoms with Crippen molar-refractivity contribution in [3.05, 3.63) is 28.8 Å². The molecule has 0 radical (unpaired) electrons. The van der Waals surface area contributed by atoms with Crippen LogP contribution in [0, 0.1) is 12.3 Å². The van der Waals surface area contributed by atoms with Gasteiger partial charge in [-0.2, -0.15) is 0 Å². The number of hydrogen-bond acceptors (Lipinski definition) is 3. The van der Waals surface area contributed by atoms with Crippen molar-refractivity contribution in [1.29, 1.82) is 0 Å². The highest BCUT2D eigenvalue weighted by atomic mass is 32.1. The third-order valence-electron chi connectivity index (χ3n) is 1.84. The summed E-state index contributed by atoms with van der Waals surface area (Å²) in [7, 11) is 0. The number of thiazole rings is 1. The summed E-state index contributed by atoms with van der Waals surface area (Å²) in [5.74, 6) is 1.46. The first kappa shape index (κ1) is 8.73. The van der Waals surface area contributed by atoms with Gasteiger partial charge in [-0.3, -0.25) is 0 Å². The van der Waals surface area contributed by atoms with E-state index in [1.54, 1.807) is 11.6 Å². The van der Waals surface area contributed by atoms with Crippen LogP contribution in [0.2, 0.25) is 0 Å². The van der Waals surface area contributed by atoms with Crippen LogP contribution in [0.25, 0.3) is 10.2 Å². The zero-order chi connectivity index (χ0) is 10.1. The normalized spacial score (nSPS) is 9.93. The predicted molar refractivity (Wildman–Crippen MR) is 54.5 cm³/mol. The Morgan fingerprint density at radius 1 is 1.57 bits per heavy atom. The van der Waals surface area contributed by atoms with Gasteiger partial charge in [-0.05, 0) is 12.1 Å². The molecular weight excluding hydrogens is 198 g/mol. The van der Waals surface area contributed by atoms with E-state index in [2.05, 4.69) is 10.9 Å². The van der Waals surface area contributed by atoms with E-state index in [1.165, 1.54) is 17.4 Å². The number of carbonyl (C=O) groups is 1. The van der Waals surface area contributed by atoms with Crippen LogP contribution in [0.3, 0.4) is 0 Å². The fourth-order valence-electron chi connectivity index (χ4n) is 1.20. The summed E-state index contributed by atoms with van der Waals surface area (Å²) in [5.41, 5.74) is 3.08. The Balaban J connectivity index is 2.82. The van der Waals surface area contributed by atoms with Crippen LogP contribution in [0.5, 0.6) is 0 Å². The SMILES string of the molecule is C#Cc1cc(C(=O)O)cc2scnc12. The molecule has 2 aromatic rings. The molecule has 1 aromatic heterocycles. The van der Waals surface area contributed by atoms with Crippen molar-refractivity contribution in [2.75, 3.05) is 0 Å². The van der Waals surface area contributed by atoms with Crippen LogP contribution in [0.4, 0.5) is 0 Å². The van der Waals surface area contributed by atoms with E-state index in [0.29, 0.717) is 11.1 Å². The number of hydrogen-bond donors (Lipinski definition) is 1. The lowest BCUT2D eigenvalue weighted by atomic mass is 10.1. The van der Waals surface area contributed by atoms with Crippen molar-refractivity contribution in [1.82, 2.24) is 4.98 Å². The second-order valence-electron chi connectivity index (χ2n) is 2.67. The van der Waals surface area contributed by atoms with Gasteiger partial charge in [0.05, 0.1) is 26.9 Å². The van der Waals surface area contributed by atoms with E-state index in [9.17, 15) is 4.79 Å². The van der Waals surface area contributed by atoms with Crippen molar-refractivity contribution in [3.63, 3.8) is 0 Å². The molecule has 1 aromatic carbocycles. The molecule has 0 atom stereocenters. The molecule has 68 valence electrons. The highest BCUT2D eigenvalue weighted by Crippen LogP contribution is 2.23. The standard InChI is InChI=1S/C10H5NO2S/c1-2-6-3-7(10(12)13)4-8-9(6)11-5-14-8/h1,3-5H,(H,12,13). The maximum atomic E-state index is 10.8. The van der Waals surface area contributed by atoms with E-state index >= 15 is 0 Å². The monoisotopic (exact) mass is 203 g/mol. The van der Waals surface area contributed by atoms with Gasteiger partial charge in [-0.1, -0.05) is 5.92 Å². The minimum Gasteiger partial charge on any atom is -0.478 e. The van der Waals surface area contributed by atoms with Gasteiger partial charge < -0.3 is 5.11 Å². The van der Waals surface area contributed by atoms with Crippen molar-refractivity contribution in [3.8, 4) is 12.3 Å². The van der Waals surface area contributed by atoms with E-state index in [-0.39, 0.29) is 5.56 Å². The van der Waals surface area contributed by atoms with Crippen LogP contribution in [-0.2, 0) is 0 Å². The largest absolute Gasteiger partial charge is 0.478 e. The Labute approximate surface area is 84.0 Å². The summed E-state index contributed by atoms with van der Waals surface area (Å²) in [6.07, 6.45) is 5.27. The number of fused-ring (bicyclic) bond motifs is 1.